The van der Waals surface area contributed by atoms with Crippen LogP contribution in [0.5, 0.6) is 0 Å². The SMILES string of the molecule is COC(=O)c1ccc(C)c(N)c1C.COC(=O)c1ccc(C)c(NC(=O)c2nc(Cl)ccc2C)c1C.COC(=O)c1ccc(C)c(NC(=O)c2nc(N3CCC(O)CC3)ccc2C)c1C.COC(=O)c1nc(Cl)ccc1C.Cc1ccc(Cl)nc1C(=O)O.Cc1ccc(N2CCC(O)CC2)nc1C(=O)Nc1c(C)ccc(C(=O)O)c1C. The molecule has 28 nitrogen and oxygen atoms in total. The van der Waals surface area contributed by atoms with Gasteiger partial charge < -0.3 is 70.9 Å². The van der Waals surface area contributed by atoms with E-state index in [2.05, 4.69) is 60.1 Å². The van der Waals surface area contributed by atoms with Gasteiger partial charge in [-0.15, -0.1) is 0 Å². The van der Waals surface area contributed by atoms with Crippen molar-refractivity contribution in [3.05, 3.63) is 248 Å². The van der Waals surface area contributed by atoms with Crippen LogP contribution in [-0.4, -0.2) is 166 Å². The largest absolute Gasteiger partial charge is 0.478 e. The number of esters is 4. The highest BCUT2D eigenvalue weighted by molar-refractivity contribution is 6.30. The molecule has 31 heteroatoms. The van der Waals surface area contributed by atoms with Crippen molar-refractivity contribution in [1.82, 2.24) is 24.9 Å². The Labute approximate surface area is 688 Å². The van der Waals surface area contributed by atoms with Crippen molar-refractivity contribution in [2.24, 2.45) is 0 Å². The second-order valence-electron chi connectivity index (χ2n) is 27.2. The quantitative estimate of drug-likeness (QED) is 0.0217. The molecule has 2 aliphatic rings. The van der Waals surface area contributed by atoms with E-state index >= 15 is 0 Å². The Morgan fingerprint density at radius 2 is 0.612 bits per heavy atom. The summed E-state index contributed by atoms with van der Waals surface area (Å²) in [6.45, 7) is 26.2. The van der Waals surface area contributed by atoms with Gasteiger partial charge in [0.25, 0.3) is 17.7 Å². The molecule has 5 aromatic heterocycles. The number of halogens is 3. The number of methoxy groups -OCH3 is 4. The fraction of sp³-hybridized carbons (Fsp3) is 0.318. The number of carbonyl (C=O) groups excluding carboxylic acids is 7. The minimum Gasteiger partial charge on any atom is -0.478 e. The normalized spacial score (nSPS) is 12.3. The van der Waals surface area contributed by atoms with Crippen LogP contribution >= 0.6 is 34.8 Å². The van der Waals surface area contributed by atoms with E-state index in [9.17, 15) is 58.5 Å². The number of ether oxygens (including phenoxy) is 4. The van der Waals surface area contributed by atoms with Crippen molar-refractivity contribution < 1.29 is 82.5 Å². The number of carbonyl (C=O) groups is 9. The molecule has 4 aromatic carbocycles. The number of aliphatic hydroxyl groups excluding tert-OH is 2. The summed E-state index contributed by atoms with van der Waals surface area (Å²) in [5, 5.41) is 46.6. The monoisotopic (exact) mass is 1650 g/mol. The first-order valence-corrected chi connectivity index (χ1v) is 37.5. The lowest BCUT2D eigenvalue weighted by Gasteiger charge is -2.30. The number of nitrogen functional groups attached to an aromatic ring is 1. The van der Waals surface area contributed by atoms with Crippen LogP contribution in [0.4, 0.5) is 34.4 Å². The summed E-state index contributed by atoms with van der Waals surface area (Å²) < 4.78 is 18.7. The van der Waals surface area contributed by atoms with Crippen LogP contribution in [0.1, 0.15) is 192 Å². The van der Waals surface area contributed by atoms with Crippen molar-refractivity contribution in [3.8, 4) is 0 Å². The summed E-state index contributed by atoms with van der Waals surface area (Å²) in [5.74, 6) is -3.42. The molecule has 0 radical (unpaired) electrons. The zero-order chi connectivity index (χ0) is 86.3. The lowest BCUT2D eigenvalue weighted by Crippen LogP contribution is -2.36. The molecule has 0 atom stereocenters. The van der Waals surface area contributed by atoms with Gasteiger partial charge in [-0.25, -0.2) is 53.7 Å². The van der Waals surface area contributed by atoms with Gasteiger partial charge in [-0.1, -0.05) is 89.4 Å². The maximum atomic E-state index is 13.0. The van der Waals surface area contributed by atoms with E-state index in [0.29, 0.717) is 141 Å². The molecule has 0 bridgehead atoms. The van der Waals surface area contributed by atoms with Crippen molar-refractivity contribution in [2.75, 3.05) is 86.1 Å². The molecule has 3 amide bonds. The smallest absolute Gasteiger partial charge is 0.356 e. The molecule has 2 aliphatic heterocycles. The fourth-order valence-electron chi connectivity index (χ4n) is 12.0. The Balaban J connectivity index is 0.000000225. The van der Waals surface area contributed by atoms with E-state index in [1.54, 1.807) is 114 Å². The minimum atomic E-state index is -1.05. The zero-order valence-corrected chi connectivity index (χ0v) is 69.9. The van der Waals surface area contributed by atoms with Crippen molar-refractivity contribution in [2.45, 2.75) is 128 Å². The zero-order valence-electron chi connectivity index (χ0n) is 67.6. The Bertz CT molecular complexity index is 5160. The average Bonchev–Trinajstić information content (AvgIpc) is 0.810. The Morgan fingerprint density at radius 3 is 0.940 bits per heavy atom. The molecule has 7 heterocycles. The number of pyridine rings is 5. The summed E-state index contributed by atoms with van der Waals surface area (Å²) in [4.78, 5) is 131. The van der Waals surface area contributed by atoms with Crippen molar-refractivity contribution in [3.63, 3.8) is 0 Å². The molecule has 2 saturated heterocycles. The highest BCUT2D eigenvalue weighted by atomic mass is 35.5. The number of aryl methyl sites for hydroxylation is 9. The van der Waals surface area contributed by atoms with Gasteiger partial charge in [0.05, 0.1) is 62.9 Å². The number of nitrogens with two attached hydrogens (primary N) is 1. The van der Waals surface area contributed by atoms with Gasteiger partial charge in [-0.05, 0) is 243 Å². The van der Waals surface area contributed by atoms with Crippen LogP contribution in [0, 0.1) is 90.0 Å². The first kappa shape index (κ1) is 92.9. The van der Waals surface area contributed by atoms with E-state index in [-0.39, 0.29) is 68.9 Å². The number of aromatic carboxylic acids is 2. The van der Waals surface area contributed by atoms with Gasteiger partial charge in [-0.3, -0.25) is 14.4 Å². The molecular formula is C85H96Cl3N11O17. The van der Waals surface area contributed by atoms with Gasteiger partial charge in [0.2, 0.25) is 0 Å². The van der Waals surface area contributed by atoms with Gasteiger partial charge in [0.15, 0.2) is 11.4 Å². The number of anilines is 6. The molecule has 614 valence electrons. The van der Waals surface area contributed by atoms with Crippen LogP contribution in [0.15, 0.2) is 109 Å². The van der Waals surface area contributed by atoms with Crippen LogP contribution < -0.4 is 31.5 Å². The van der Waals surface area contributed by atoms with Crippen molar-refractivity contribution >= 4 is 123 Å². The summed E-state index contributed by atoms with van der Waals surface area (Å²) >= 11 is 16.9. The minimum absolute atomic E-state index is 0.0116. The molecule has 116 heavy (non-hydrogen) atoms. The van der Waals surface area contributed by atoms with E-state index in [1.165, 1.54) is 34.5 Å². The molecule has 0 aliphatic carbocycles. The van der Waals surface area contributed by atoms with Gasteiger partial charge in [0.1, 0.15) is 44.2 Å². The number of aliphatic hydroxyl groups is 2. The first-order valence-electron chi connectivity index (χ1n) is 36.4. The van der Waals surface area contributed by atoms with E-state index in [4.69, 9.17) is 55.1 Å². The predicted octanol–water partition coefficient (Wildman–Crippen LogP) is 14.9. The maximum Gasteiger partial charge on any atom is 0.356 e. The average molecular weight is 1650 g/mol. The molecule has 0 saturated carbocycles. The number of carboxylic acids is 2. The number of benzene rings is 4. The number of nitrogens with one attached hydrogen (secondary N) is 3. The third-order valence-electron chi connectivity index (χ3n) is 19.1. The third-order valence-corrected chi connectivity index (χ3v) is 19.7. The molecule has 11 rings (SSSR count). The second-order valence-corrected chi connectivity index (χ2v) is 28.4. The predicted molar refractivity (Wildman–Crippen MR) is 446 cm³/mol. The Kier molecular flexibility index (Phi) is 34.4. The Hall–Kier alpha value is -12.0. The lowest BCUT2D eigenvalue weighted by molar-refractivity contribution is 0.0585. The van der Waals surface area contributed by atoms with Gasteiger partial charge in [-0.2, -0.15) is 0 Å². The molecule has 9 N–H and O–H groups in total. The molecular weight excluding hydrogens is 1550 g/mol. The summed E-state index contributed by atoms with van der Waals surface area (Å²) in [6.07, 6.45) is 2.19. The lowest BCUT2D eigenvalue weighted by atomic mass is 10.0. The molecule has 0 unspecified atom stereocenters. The van der Waals surface area contributed by atoms with Gasteiger partial charge in [0, 0.05) is 48.9 Å². The first-order chi connectivity index (χ1) is 54.8. The van der Waals surface area contributed by atoms with E-state index in [1.807, 2.05) is 78.8 Å². The van der Waals surface area contributed by atoms with E-state index in [0.717, 1.165) is 50.3 Å². The number of aromatic nitrogens is 5. The molecule has 2 fully saturated rings. The second kappa shape index (κ2) is 43.0. The number of piperidine rings is 2. The summed E-state index contributed by atoms with van der Waals surface area (Å²) in [7, 11) is 5.32. The highest BCUT2D eigenvalue weighted by Crippen LogP contribution is 2.31. The van der Waals surface area contributed by atoms with Crippen LogP contribution in [0.2, 0.25) is 15.5 Å². The standard InChI is InChI=1S/C22H27N3O4.C21H25N3O4.C17H17ClN2O3.C10H13NO2.C8H8ClNO2.C7H6ClNO2/c1-13-5-7-17(22(28)29-4)15(3)19(13)24-21(27)20-14(2)6-8-18(23-20)25-11-9-16(26)10-12-25;1-12-4-6-16(21(27)28)14(3)18(12)23-20(26)19-13(2)5-7-17(22-19)24-10-8-15(25)9-11-24;1-9-5-7-12(17(22)23-4)11(3)14(9)20-16(21)15-10(2)6-8-13(18)19-15;1-6-4-5-8(10(12)13-3)7(2)9(6)11;1-5-3-4-6(9)10-7(5)8(11)12-2;1-4-2-3-5(8)9-6(4)7(10)11/h5-8,16,26H,9-12H2,1-4H3,(H,24,27);4-7,15,25H,8-11H2,1-3H3,(H,23,26)(H,27,28);5-8H,1-4H3,(H,20,21);4-5H,11H2,1-3H3;3-4H,1-2H3;2-3H,1H3,(H,10,11). The number of hydrogen-bond acceptors (Lipinski definition) is 23. The number of carboxylic acid groups (broad SMARTS) is 2. The molecule has 9 aromatic rings. The number of amides is 3. The van der Waals surface area contributed by atoms with Gasteiger partial charge >= 0.3 is 35.8 Å². The van der Waals surface area contributed by atoms with Crippen LogP contribution in [0.25, 0.3) is 0 Å². The summed E-state index contributed by atoms with van der Waals surface area (Å²) in [5.41, 5.74) is 20.4. The van der Waals surface area contributed by atoms with Crippen LogP contribution in [0.3, 0.4) is 0 Å². The number of rotatable bonds is 14. The number of nitrogens with zero attached hydrogens (tertiary/aromatic N) is 7. The number of hydrogen-bond donors (Lipinski definition) is 8. The fourth-order valence-corrected chi connectivity index (χ4v) is 12.5. The Morgan fingerprint density at radius 1 is 0.345 bits per heavy atom. The van der Waals surface area contributed by atoms with Crippen LogP contribution in [-0.2, 0) is 18.9 Å². The van der Waals surface area contributed by atoms with Crippen molar-refractivity contribution in [1.29, 1.82) is 0 Å². The topological polar surface area (TPSA) is 405 Å². The summed E-state index contributed by atoms with van der Waals surface area (Å²) in [6, 6.07) is 31.1. The highest BCUT2D eigenvalue weighted by Gasteiger charge is 2.26. The third kappa shape index (κ3) is 24.8. The molecule has 0 spiro atoms. The van der Waals surface area contributed by atoms with E-state index < -0.39 is 29.8 Å². The maximum absolute atomic E-state index is 13.0.